The molecule has 0 aromatic heterocycles. The Morgan fingerprint density at radius 3 is 2.94 bits per heavy atom. The predicted molar refractivity (Wildman–Crippen MR) is 74.7 cm³/mol. The third kappa shape index (κ3) is 3.47. The average molecular weight is 248 g/mol. The number of phenols is 1. The Labute approximate surface area is 110 Å². The fourth-order valence-corrected chi connectivity index (χ4v) is 2.75. The van der Waals surface area contributed by atoms with Crippen LogP contribution in [-0.4, -0.2) is 36.7 Å². The Morgan fingerprint density at radius 1 is 1.44 bits per heavy atom. The number of rotatable bonds is 4. The van der Waals surface area contributed by atoms with Gasteiger partial charge in [0, 0.05) is 18.2 Å². The molecule has 100 valence electrons. The highest BCUT2D eigenvalue weighted by atomic mass is 16.3. The van der Waals surface area contributed by atoms with Crippen LogP contribution < -0.4 is 5.32 Å². The van der Waals surface area contributed by atoms with Gasteiger partial charge in [0.15, 0.2) is 0 Å². The van der Waals surface area contributed by atoms with Gasteiger partial charge < -0.3 is 15.3 Å². The van der Waals surface area contributed by atoms with Crippen molar-refractivity contribution in [3.8, 4) is 5.75 Å². The Bertz CT molecular complexity index is 381. The van der Waals surface area contributed by atoms with Crippen LogP contribution in [0.2, 0.25) is 0 Å². The van der Waals surface area contributed by atoms with Gasteiger partial charge in [-0.15, -0.1) is 0 Å². The largest absolute Gasteiger partial charge is 0.508 e. The highest BCUT2D eigenvalue weighted by molar-refractivity contribution is 5.34. The van der Waals surface area contributed by atoms with Gasteiger partial charge >= 0.3 is 0 Å². The van der Waals surface area contributed by atoms with E-state index in [1.165, 1.54) is 25.9 Å². The molecule has 1 heterocycles. The molecule has 0 amide bonds. The molecular weight excluding hydrogens is 224 g/mol. The van der Waals surface area contributed by atoms with Crippen molar-refractivity contribution in [1.82, 2.24) is 10.2 Å². The second-order valence-corrected chi connectivity index (χ2v) is 5.46. The summed E-state index contributed by atoms with van der Waals surface area (Å²) in [5.74, 6) is 1.12. The topological polar surface area (TPSA) is 35.5 Å². The number of piperidine rings is 1. The molecule has 0 saturated carbocycles. The van der Waals surface area contributed by atoms with Gasteiger partial charge in [-0.1, -0.05) is 18.2 Å². The molecule has 1 aromatic carbocycles. The SMILES string of the molecule is CC(NCC1CCCN(C)C1)c1ccccc1O. The number of hydrogen-bond donors (Lipinski definition) is 2. The van der Waals surface area contributed by atoms with Crippen molar-refractivity contribution in [1.29, 1.82) is 0 Å². The summed E-state index contributed by atoms with van der Waals surface area (Å²) >= 11 is 0. The number of benzene rings is 1. The zero-order valence-corrected chi connectivity index (χ0v) is 11.4. The van der Waals surface area contributed by atoms with E-state index in [1.54, 1.807) is 6.07 Å². The number of aromatic hydroxyl groups is 1. The molecule has 1 fully saturated rings. The van der Waals surface area contributed by atoms with Crippen LogP contribution in [0.3, 0.4) is 0 Å². The van der Waals surface area contributed by atoms with Gasteiger partial charge in [0.25, 0.3) is 0 Å². The Balaban J connectivity index is 1.84. The number of phenolic OH excluding ortho intramolecular Hbond substituents is 1. The van der Waals surface area contributed by atoms with E-state index in [0.29, 0.717) is 5.75 Å². The van der Waals surface area contributed by atoms with Crippen LogP contribution in [-0.2, 0) is 0 Å². The van der Waals surface area contributed by atoms with E-state index in [9.17, 15) is 5.11 Å². The summed E-state index contributed by atoms with van der Waals surface area (Å²) in [6.07, 6.45) is 2.61. The van der Waals surface area contributed by atoms with Crippen molar-refractivity contribution in [2.24, 2.45) is 5.92 Å². The Morgan fingerprint density at radius 2 is 2.22 bits per heavy atom. The van der Waals surface area contributed by atoms with Crippen LogP contribution in [0.25, 0.3) is 0 Å². The third-order valence-electron chi connectivity index (χ3n) is 3.84. The number of para-hydroxylation sites is 1. The molecule has 3 nitrogen and oxygen atoms in total. The van der Waals surface area contributed by atoms with Gasteiger partial charge in [-0.3, -0.25) is 0 Å². The summed E-state index contributed by atoms with van der Waals surface area (Å²) in [6, 6.07) is 7.78. The van der Waals surface area contributed by atoms with Crippen LogP contribution in [0, 0.1) is 5.92 Å². The van der Waals surface area contributed by atoms with E-state index in [0.717, 1.165) is 18.0 Å². The molecule has 0 bridgehead atoms. The first-order chi connectivity index (χ1) is 8.66. The van der Waals surface area contributed by atoms with E-state index < -0.39 is 0 Å². The molecule has 0 radical (unpaired) electrons. The minimum absolute atomic E-state index is 0.207. The lowest BCUT2D eigenvalue weighted by molar-refractivity contribution is 0.203. The Hall–Kier alpha value is -1.06. The van der Waals surface area contributed by atoms with E-state index in [2.05, 4.69) is 24.2 Å². The van der Waals surface area contributed by atoms with Crippen LogP contribution in [0.4, 0.5) is 0 Å². The molecule has 18 heavy (non-hydrogen) atoms. The maximum absolute atomic E-state index is 9.81. The van der Waals surface area contributed by atoms with Crippen molar-refractivity contribution in [2.45, 2.75) is 25.8 Å². The maximum Gasteiger partial charge on any atom is 0.120 e. The average Bonchev–Trinajstić information content (AvgIpc) is 2.37. The van der Waals surface area contributed by atoms with Gasteiger partial charge in [-0.2, -0.15) is 0 Å². The lowest BCUT2D eigenvalue weighted by atomic mass is 9.97. The van der Waals surface area contributed by atoms with E-state index in [4.69, 9.17) is 0 Å². The molecule has 0 aliphatic carbocycles. The van der Waals surface area contributed by atoms with Crippen molar-refractivity contribution >= 4 is 0 Å². The fourth-order valence-electron chi connectivity index (χ4n) is 2.75. The second-order valence-electron chi connectivity index (χ2n) is 5.46. The molecule has 3 heteroatoms. The van der Waals surface area contributed by atoms with Crippen molar-refractivity contribution < 1.29 is 5.11 Å². The molecule has 1 aliphatic rings. The zero-order valence-electron chi connectivity index (χ0n) is 11.4. The minimum Gasteiger partial charge on any atom is -0.508 e. The lowest BCUT2D eigenvalue weighted by Gasteiger charge is -2.30. The monoisotopic (exact) mass is 248 g/mol. The molecule has 1 aromatic rings. The molecule has 1 aliphatic heterocycles. The van der Waals surface area contributed by atoms with Crippen LogP contribution >= 0.6 is 0 Å². The van der Waals surface area contributed by atoms with E-state index in [-0.39, 0.29) is 6.04 Å². The first kappa shape index (κ1) is 13.4. The zero-order chi connectivity index (χ0) is 13.0. The van der Waals surface area contributed by atoms with E-state index >= 15 is 0 Å². The lowest BCUT2D eigenvalue weighted by Crippen LogP contribution is -2.37. The van der Waals surface area contributed by atoms with Crippen molar-refractivity contribution in [2.75, 3.05) is 26.7 Å². The number of nitrogens with zero attached hydrogens (tertiary/aromatic N) is 1. The number of likely N-dealkylation sites (tertiary alicyclic amines) is 1. The van der Waals surface area contributed by atoms with Crippen molar-refractivity contribution in [3.63, 3.8) is 0 Å². The summed E-state index contributed by atoms with van der Waals surface area (Å²) in [4.78, 5) is 2.40. The van der Waals surface area contributed by atoms with Gasteiger partial charge in [0.2, 0.25) is 0 Å². The smallest absolute Gasteiger partial charge is 0.120 e. The van der Waals surface area contributed by atoms with Gasteiger partial charge in [0.05, 0.1) is 0 Å². The first-order valence-electron chi connectivity index (χ1n) is 6.86. The summed E-state index contributed by atoms with van der Waals surface area (Å²) in [5.41, 5.74) is 0.988. The molecule has 2 unspecified atom stereocenters. The predicted octanol–water partition coefficient (Wildman–Crippen LogP) is 2.38. The summed E-state index contributed by atoms with van der Waals surface area (Å²) in [7, 11) is 2.19. The fraction of sp³-hybridized carbons (Fsp3) is 0.600. The molecule has 0 spiro atoms. The summed E-state index contributed by atoms with van der Waals surface area (Å²) < 4.78 is 0. The maximum atomic E-state index is 9.81. The standard InChI is InChI=1S/C15H24N2O/c1-12(14-7-3-4-8-15(14)18)16-10-13-6-5-9-17(2)11-13/h3-4,7-8,12-13,16,18H,5-6,9-11H2,1-2H3. The van der Waals surface area contributed by atoms with Crippen LogP contribution in [0.5, 0.6) is 5.75 Å². The van der Waals surface area contributed by atoms with Gasteiger partial charge in [-0.05, 0) is 51.9 Å². The Kier molecular flexibility index (Phi) is 4.61. The molecular formula is C15H24N2O. The first-order valence-corrected chi connectivity index (χ1v) is 6.86. The molecule has 2 atom stereocenters. The quantitative estimate of drug-likeness (QED) is 0.859. The second kappa shape index (κ2) is 6.21. The third-order valence-corrected chi connectivity index (χ3v) is 3.84. The van der Waals surface area contributed by atoms with Crippen LogP contribution in [0.1, 0.15) is 31.4 Å². The van der Waals surface area contributed by atoms with E-state index in [1.807, 2.05) is 18.2 Å². The van der Waals surface area contributed by atoms with Gasteiger partial charge in [-0.25, -0.2) is 0 Å². The molecule has 2 rings (SSSR count). The summed E-state index contributed by atoms with van der Waals surface area (Å²) in [6.45, 7) is 5.55. The van der Waals surface area contributed by atoms with Crippen molar-refractivity contribution in [3.05, 3.63) is 29.8 Å². The number of nitrogens with one attached hydrogen (secondary N) is 1. The number of hydrogen-bond acceptors (Lipinski definition) is 3. The summed E-state index contributed by atoms with van der Waals surface area (Å²) in [5, 5.41) is 13.4. The van der Waals surface area contributed by atoms with Crippen LogP contribution in [0.15, 0.2) is 24.3 Å². The molecule has 2 N–H and O–H groups in total. The normalized spacial score (nSPS) is 22.9. The minimum atomic E-state index is 0.207. The highest BCUT2D eigenvalue weighted by Crippen LogP contribution is 2.23. The molecule has 1 saturated heterocycles. The van der Waals surface area contributed by atoms with Gasteiger partial charge in [0.1, 0.15) is 5.75 Å². The highest BCUT2D eigenvalue weighted by Gasteiger charge is 2.18.